The van der Waals surface area contributed by atoms with E-state index in [0.29, 0.717) is 33.5 Å². The summed E-state index contributed by atoms with van der Waals surface area (Å²) in [7, 11) is 0. The molecule has 0 aliphatic carbocycles. The highest BCUT2D eigenvalue weighted by molar-refractivity contribution is 7.15. The van der Waals surface area contributed by atoms with Crippen molar-refractivity contribution in [1.29, 1.82) is 0 Å². The lowest BCUT2D eigenvalue weighted by Crippen LogP contribution is -2.28. The van der Waals surface area contributed by atoms with E-state index in [0.717, 1.165) is 4.88 Å². The summed E-state index contributed by atoms with van der Waals surface area (Å²) in [4.78, 5) is 24.8. The van der Waals surface area contributed by atoms with Gasteiger partial charge in [0.15, 0.2) is 0 Å². The van der Waals surface area contributed by atoms with Crippen molar-refractivity contribution in [3.63, 3.8) is 0 Å². The van der Waals surface area contributed by atoms with Gasteiger partial charge in [-0.1, -0.05) is 11.2 Å². The zero-order valence-electron chi connectivity index (χ0n) is 16.1. The standard InChI is InChI=1S/C21H20N4O2S/c1-12(2)22-18-7-5-6-10-25(18)21(26)15-11-16(17-9-8-13(3)28-17)23-20-19(15)14(4)24-27-20/h5-12H,1-4H3. The second-order valence-corrected chi connectivity index (χ2v) is 8.16. The maximum absolute atomic E-state index is 13.5. The number of hydrogen-bond acceptors (Lipinski definition) is 6. The van der Waals surface area contributed by atoms with Crippen molar-refractivity contribution in [3.05, 3.63) is 64.2 Å². The summed E-state index contributed by atoms with van der Waals surface area (Å²) in [5.41, 5.74) is 2.81. The lowest BCUT2D eigenvalue weighted by molar-refractivity contribution is 0.0956. The Morgan fingerprint density at radius 3 is 2.75 bits per heavy atom. The number of carbonyl (C=O) groups excluding carboxylic acids is 1. The van der Waals surface area contributed by atoms with Gasteiger partial charge in [0.05, 0.1) is 27.2 Å². The summed E-state index contributed by atoms with van der Waals surface area (Å²) in [6.07, 6.45) is 1.73. The Morgan fingerprint density at radius 2 is 2.04 bits per heavy atom. The molecule has 0 aliphatic rings. The van der Waals surface area contributed by atoms with Gasteiger partial charge in [0.1, 0.15) is 5.49 Å². The normalized spacial score (nSPS) is 12.2. The van der Waals surface area contributed by atoms with Crippen LogP contribution in [0, 0.1) is 13.8 Å². The van der Waals surface area contributed by atoms with E-state index < -0.39 is 0 Å². The number of hydrogen-bond donors (Lipinski definition) is 0. The smallest absolute Gasteiger partial charge is 0.264 e. The van der Waals surface area contributed by atoms with Crippen molar-refractivity contribution in [2.45, 2.75) is 33.7 Å². The first-order valence-corrected chi connectivity index (χ1v) is 9.86. The Kier molecular flexibility index (Phi) is 4.68. The molecule has 142 valence electrons. The van der Waals surface area contributed by atoms with E-state index in [4.69, 9.17) is 4.52 Å². The van der Waals surface area contributed by atoms with E-state index >= 15 is 0 Å². The van der Waals surface area contributed by atoms with Gasteiger partial charge < -0.3 is 4.52 Å². The molecule has 4 heterocycles. The van der Waals surface area contributed by atoms with Crippen molar-refractivity contribution in [2.24, 2.45) is 4.99 Å². The Balaban J connectivity index is 1.96. The fourth-order valence-corrected chi connectivity index (χ4v) is 3.90. The minimum absolute atomic E-state index is 0.0703. The molecule has 0 fully saturated rings. The average Bonchev–Trinajstić information content (AvgIpc) is 3.26. The number of fused-ring (bicyclic) bond motifs is 1. The van der Waals surface area contributed by atoms with Gasteiger partial charge in [-0.3, -0.25) is 14.4 Å². The minimum Gasteiger partial charge on any atom is -0.335 e. The number of thiophene rings is 1. The maximum atomic E-state index is 13.5. The molecule has 4 aromatic heterocycles. The Morgan fingerprint density at radius 1 is 1.21 bits per heavy atom. The molecule has 0 aromatic carbocycles. The molecule has 0 N–H and O–H groups in total. The summed E-state index contributed by atoms with van der Waals surface area (Å²) in [5, 5.41) is 4.66. The predicted molar refractivity (Wildman–Crippen MR) is 109 cm³/mol. The quantitative estimate of drug-likeness (QED) is 0.519. The van der Waals surface area contributed by atoms with E-state index in [9.17, 15) is 4.79 Å². The summed E-state index contributed by atoms with van der Waals surface area (Å²) in [6, 6.07) is 11.4. The molecular weight excluding hydrogens is 372 g/mol. The van der Waals surface area contributed by atoms with Crippen LogP contribution >= 0.6 is 11.3 Å². The lowest BCUT2D eigenvalue weighted by atomic mass is 10.1. The van der Waals surface area contributed by atoms with E-state index in [-0.39, 0.29) is 11.9 Å². The van der Waals surface area contributed by atoms with Gasteiger partial charge in [0, 0.05) is 17.1 Å². The molecular formula is C21H20N4O2S. The van der Waals surface area contributed by atoms with Crippen LogP contribution in [0.25, 0.3) is 21.7 Å². The molecule has 0 atom stereocenters. The molecule has 7 heteroatoms. The van der Waals surface area contributed by atoms with E-state index in [1.165, 1.54) is 4.88 Å². The first-order chi connectivity index (χ1) is 13.4. The fourth-order valence-electron chi connectivity index (χ4n) is 3.07. The highest BCUT2D eigenvalue weighted by Crippen LogP contribution is 2.31. The number of rotatable bonds is 3. The third-order valence-corrected chi connectivity index (χ3v) is 5.31. The van der Waals surface area contributed by atoms with Gasteiger partial charge in [0.25, 0.3) is 11.6 Å². The first kappa shape index (κ1) is 18.3. The van der Waals surface area contributed by atoms with Gasteiger partial charge in [-0.15, -0.1) is 11.3 Å². The van der Waals surface area contributed by atoms with Crippen LogP contribution in [0.3, 0.4) is 0 Å². The zero-order valence-corrected chi connectivity index (χ0v) is 16.9. The van der Waals surface area contributed by atoms with Crippen LogP contribution in [-0.4, -0.2) is 26.7 Å². The van der Waals surface area contributed by atoms with Gasteiger partial charge in [-0.2, -0.15) is 0 Å². The first-order valence-electron chi connectivity index (χ1n) is 9.04. The topological polar surface area (TPSA) is 73.3 Å². The van der Waals surface area contributed by atoms with E-state index in [1.807, 2.05) is 64.1 Å². The Labute approximate surface area is 166 Å². The van der Waals surface area contributed by atoms with Crippen LogP contribution in [0.4, 0.5) is 0 Å². The molecule has 0 saturated carbocycles. The highest BCUT2D eigenvalue weighted by Gasteiger charge is 2.21. The Hall–Kier alpha value is -3.06. The summed E-state index contributed by atoms with van der Waals surface area (Å²) in [6.45, 7) is 7.81. The van der Waals surface area contributed by atoms with Crippen LogP contribution < -0.4 is 5.49 Å². The van der Waals surface area contributed by atoms with Crippen molar-refractivity contribution < 1.29 is 9.32 Å². The molecule has 6 nitrogen and oxygen atoms in total. The zero-order chi connectivity index (χ0) is 19.8. The van der Waals surface area contributed by atoms with Gasteiger partial charge in [-0.25, -0.2) is 4.98 Å². The maximum Gasteiger partial charge on any atom is 0.264 e. The second-order valence-electron chi connectivity index (χ2n) is 6.87. The molecule has 0 radical (unpaired) electrons. The minimum atomic E-state index is -0.187. The monoisotopic (exact) mass is 392 g/mol. The summed E-state index contributed by atoms with van der Waals surface area (Å²) in [5.74, 6) is -0.187. The third-order valence-electron chi connectivity index (χ3n) is 4.29. The molecule has 0 saturated heterocycles. The van der Waals surface area contributed by atoms with Crippen molar-refractivity contribution in [2.75, 3.05) is 0 Å². The van der Waals surface area contributed by atoms with Crippen LogP contribution in [0.15, 0.2) is 52.1 Å². The fraction of sp³-hybridized carbons (Fsp3) is 0.238. The second kappa shape index (κ2) is 7.16. The molecule has 0 spiro atoms. The van der Waals surface area contributed by atoms with Gasteiger partial charge in [-0.05, 0) is 58.0 Å². The van der Waals surface area contributed by atoms with E-state index in [2.05, 4.69) is 15.1 Å². The summed E-state index contributed by atoms with van der Waals surface area (Å²) >= 11 is 1.62. The molecule has 0 amide bonds. The van der Waals surface area contributed by atoms with Crippen LogP contribution in [0.2, 0.25) is 0 Å². The molecule has 0 unspecified atom stereocenters. The van der Waals surface area contributed by atoms with Crippen molar-refractivity contribution >= 4 is 28.3 Å². The van der Waals surface area contributed by atoms with E-state index in [1.54, 1.807) is 22.1 Å². The van der Waals surface area contributed by atoms with Crippen LogP contribution in [0.1, 0.15) is 34.8 Å². The lowest BCUT2D eigenvalue weighted by Gasteiger charge is -2.09. The largest absolute Gasteiger partial charge is 0.335 e. The Bertz CT molecular complexity index is 1250. The number of aryl methyl sites for hydroxylation is 2. The number of nitrogens with zero attached hydrogens (tertiary/aromatic N) is 4. The average molecular weight is 392 g/mol. The van der Waals surface area contributed by atoms with Gasteiger partial charge >= 0.3 is 0 Å². The SMILES string of the molecule is Cc1ccc(-c2cc(C(=O)n3ccccc3=NC(C)C)c3c(C)noc3n2)s1. The predicted octanol–water partition coefficient (Wildman–Crippen LogP) is 4.37. The highest BCUT2D eigenvalue weighted by atomic mass is 32.1. The third kappa shape index (κ3) is 3.29. The number of carbonyl (C=O) groups is 1. The molecule has 0 bridgehead atoms. The van der Waals surface area contributed by atoms with Crippen LogP contribution in [-0.2, 0) is 0 Å². The molecule has 28 heavy (non-hydrogen) atoms. The van der Waals surface area contributed by atoms with Gasteiger partial charge in [0.2, 0.25) is 0 Å². The molecule has 0 aliphatic heterocycles. The molecule has 4 rings (SSSR count). The van der Waals surface area contributed by atoms with Crippen molar-refractivity contribution in [1.82, 2.24) is 14.7 Å². The molecule has 4 aromatic rings. The summed E-state index contributed by atoms with van der Waals surface area (Å²) < 4.78 is 6.96. The number of pyridine rings is 2. The van der Waals surface area contributed by atoms with Crippen molar-refractivity contribution in [3.8, 4) is 10.6 Å². The number of aromatic nitrogens is 3. The van der Waals surface area contributed by atoms with Crippen LogP contribution in [0.5, 0.6) is 0 Å².